The van der Waals surface area contributed by atoms with Crippen LogP contribution in [-0.4, -0.2) is 36.3 Å². The molecule has 0 atom stereocenters. The zero-order chi connectivity index (χ0) is 12.7. The maximum absolute atomic E-state index is 10.2. The number of hydrogen-bond acceptors (Lipinski definition) is 2. The number of rotatable bonds is 5. The fourth-order valence-corrected chi connectivity index (χ4v) is 2.06. The van der Waals surface area contributed by atoms with E-state index in [4.69, 9.17) is 0 Å². The van der Waals surface area contributed by atoms with Gasteiger partial charge in [0.25, 0.3) is 0 Å². The molecule has 0 unspecified atom stereocenters. The summed E-state index contributed by atoms with van der Waals surface area (Å²) in [4.78, 5) is 4.48. The topological polar surface area (TPSA) is 56.7 Å². The van der Waals surface area contributed by atoms with Crippen LogP contribution in [0.2, 0.25) is 0 Å². The Hall–Kier alpha value is -0.770. The second kappa shape index (κ2) is 6.84. The minimum atomic E-state index is -0.555. The zero-order valence-electron chi connectivity index (χ0n) is 11.4. The molecular weight excluding hydrogens is 214 g/mol. The summed E-state index contributed by atoms with van der Waals surface area (Å²) in [7, 11) is 0. The van der Waals surface area contributed by atoms with Crippen molar-refractivity contribution in [2.24, 2.45) is 10.9 Å². The van der Waals surface area contributed by atoms with Crippen molar-refractivity contribution in [1.82, 2.24) is 10.6 Å². The van der Waals surface area contributed by atoms with Crippen molar-refractivity contribution in [3.8, 4) is 0 Å². The van der Waals surface area contributed by atoms with Gasteiger partial charge >= 0.3 is 0 Å². The lowest BCUT2D eigenvalue weighted by atomic mass is 10.0. The van der Waals surface area contributed by atoms with Crippen molar-refractivity contribution in [3.05, 3.63) is 0 Å². The third-order valence-corrected chi connectivity index (χ3v) is 3.09. The van der Waals surface area contributed by atoms with Gasteiger partial charge in [-0.3, -0.25) is 4.99 Å². The summed E-state index contributed by atoms with van der Waals surface area (Å²) in [6.07, 6.45) is 4.03. The van der Waals surface area contributed by atoms with E-state index < -0.39 is 5.60 Å². The Morgan fingerprint density at radius 1 is 1.29 bits per heavy atom. The SMILES string of the molecule is CCNC(=NCC1(O)CCCC1)NCC(C)C. The number of nitrogens with zero attached hydrogens (tertiary/aromatic N) is 1. The Morgan fingerprint density at radius 3 is 2.47 bits per heavy atom. The van der Waals surface area contributed by atoms with E-state index in [-0.39, 0.29) is 0 Å². The molecule has 1 aliphatic carbocycles. The van der Waals surface area contributed by atoms with Gasteiger partial charge in [0.15, 0.2) is 5.96 Å². The third-order valence-electron chi connectivity index (χ3n) is 3.09. The smallest absolute Gasteiger partial charge is 0.191 e. The molecule has 0 heterocycles. The Balaban J connectivity index is 2.44. The summed E-state index contributed by atoms with van der Waals surface area (Å²) < 4.78 is 0. The second-order valence-corrected chi connectivity index (χ2v) is 5.40. The fraction of sp³-hybridized carbons (Fsp3) is 0.923. The van der Waals surface area contributed by atoms with Crippen LogP contribution in [0.5, 0.6) is 0 Å². The van der Waals surface area contributed by atoms with E-state index in [2.05, 4.69) is 36.4 Å². The number of aliphatic imine (C=N–C) groups is 1. The van der Waals surface area contributed by atoms with Crippen LogP contribution in [0.3, 0.4) is 0 Å². The summed E-state index contributed by atoms with van der Waals surface area (Å²) in [6, 6.07) is 0. The van der Waals surface area contributed by atoms with Crippen LogP contribution in [0.4, 0.5) is 0 Å². The summed E-state index contributed by atoms with van der Waals surface area (Å²) in [5, 5.41) is 16.7. The van der Waals surface area contributed by atoms with Crippen molar-refractivity contribution >= 4 is 5.96 Å². The van der Waals surface area contributed by atoms with Gasteiger partial charge < -0.3 is 15.7 Å². The first-order valence-corrected chi connectivity index (χ1v) is 6.80. The van der Waals surface area contributed by atoms with Crippen LogP contribution in [0.1, 0.15) is 46.5 Å². The van der Waals surface area contributed by atoms with Gasteiger partial charge in [-0.25, -0.2) is 0 Å². The molecule has 4 nitrogen and oxygen atoms in total. The molecule has 1 saturated carbocycles. The summed E-state index contributed by atoms with van der Waals surface area (Å²) in [6.45, 7) is 8.66. The molecule has 17 heavy (non-hydrogen) atoms. The van der Waals surface area contributed by atoms with Crippen LogP contribution >= 0.6 is 0 Å². The molecule has 0 aromatic carbocycles. The molecule has 0 amide bonds. The molecule has 1 fully saturated rings. The van der Waals surface area contributed by atoms with Crippen LogP contribution < -0.4 is 10.6 Å². The van der Waals surface area contributed by atoms with Gasteiger partial charge in [-0.2, -0.15) is 0 Å². The summed E-state index contributed by atoms with van der Waals surface area (Å²) in [5.74, 6) is 1.41. The standard InChI is InChI=1S/C13H27N3O/c1-4-14-12(15-9-11(2)3)16-10-13(17)7-5-6-8-13/h11,17H,4-10H2,1-3H3,(H2,14,15,16). The quantitative estimate of drug-likeness (QED) is 0.505. The highest BCUT2D eigenvalue weighted by atomic mass is 16.3. The van der Waals surface area contributed by atoms with E-state index >= 15 is 0 Å². The molecule has 0 spiro atoms. The van der Waals surface area contributed by atoms with Crippen LogP contribution in [0.15, 0.2) is 4.99 Å². The van der Waals surface area contributed by atoms with E-state index in [0.29, 0.717) is 12.5 Å². The van der Waals surface area contributed by atoms with Gasteiger partial charge in [0.1, 0.15) is 0 Å². The average Bonchev–Trinajstić information content (AvgIpc) is 2.70. The van der Waals surface area contributed by atoms with Gasteiger partial charge in [0, 0.05) is 13.1 Å². The molecule has 0 aliphatic heterocycles. The minimum absolute atomic E-state index is 0.514. The Morgan fingerprint density at radius 2 is 1.94 bits per heavy atom. The van der Waals surface area contributed by atoms with Crippen molar-refractivity contribution in [1.29, 1.82) is 0 Å². The molecule has 1 aliphatic rings. The largest absolute Gasteiger partial charge is 0.388 e. The molecule has 0 saturated heterocycles. The normalized spacial score (nSPS) is 19.7. The van der Waals surface area contributed by atoms with Crippen LogP contribution in [0.25, 0.3) is 0 Å². The van der Waals surface area contributed by atoms with Crippen molar-refractivity contribution in [2.45, 2.75) is 52.1 Å². The molecule has 1 rings (SSSR count). The van der Waals surface area contributed by atoms with Gasteiger partial charge in [0.2, 0.25) is 0 Å². The van der Waals surface area contributed by atoms with Gasteiger partial charge in [-0.05, 0) is 25.7 Å². The van der Waals surface area contributed by atoms with Gasteiger partial charge in [-0.15, -0.1) is 0 Å². The first kappa shape index (κ1) is 14.3. The molecule has 0 aromatic heterocycles. The number of aliphatic hydroxyl groups is 1. The molecule has 0 radical (unpaired) electrons. The van der Waals surface area contributed by atoms with E-state index in [9.17, 15) is 5.11 Å². The predicted molar refractivity (Wildman–Crippen MR) is 72.2 cm³/mol. The lowest BCUT2D eigenvalue weighted by molar-refractivity contribution is 0.0574. The first-order valence-electron chi connectivity index (χ1n) is 6.80. The summed E-state index contributed by atoms with van der Waals surface area (Å²) >= 11 is 0. The highest BCUT2D eigenvalue weighted by Crippen LogP contribution is 2.29. The first-order chi connectivity index (χ1) is 8.06. The lowest BCUT2D eigenvalue weighted by Crippen LogP contribution is -2.40. The minimum Gasteiger partial charge on any atom is -0.388 e. The Kier molecular flexibility index (Phi) is 5.75. The fourth-order valence-electron chi connectivity index (χ4n) is 2.06. The Bertz CT molecular complexity index is 245. The molecule has 0 aromatic rings. The monoisotopic (exact) mass is 241 g/mol. The molecule has 4 heteroatoms. The van der Waals surface area contributed by atoms with Crippen LogP contribution in [0, 0.1) is 5.92 Å². The maximum Gasteiger partial charge on any atom is 0.191 e. The predicted octanol–water partition coefficient (Wildman–Crippen LogP) is 1.50. The molecular formula is C13H27N3O. The average molecular weight is 241 g/mol. The maximum atomic E-state index is 10.2. The highest BCUT2D eigenvalue weighted by Gasteiger charge is 2.30. The second-order valence-electron chi connectivity index (χ2n) is 5.40. The molecule has 3 N–H and O–H groups in total. The number of nitrogens with one attached hydrogen (secondary N) is 2. The molecule has 100 valence electrons. The third kappa shape index (κ3) is 5.39. The Labute approximate surface area is 105 Å². The van der Waals surface area contributed by atoms with Crippen molar-refractivity contribution in [3.63, 3.8) is 0 Å². The van der Waals surface area contributed by atoms with Crippen LogP contribution in [-0.2, 0) is 0 Å². The van der Waals surface area contributed by atoms with E-state index in [1.165, 1.54) is 0 Å². The van der Waals surface area contributed by atoms with Gasteiger partial charge in [0.05, 0.1) is 12.1 Å². The van der Waals surface area contributed by atoms with E-state index in [1.54, 1.807) is 0 Å². The van der Waals surface area contributed by atoms with E-state index in [0.717, 1.165) is 44.7 Å². The van der Waals surface area contributed by atoms with Crippen molar-refractivity contribution < 1.29 is 5.11 Å². The molecule has 0 bridgehead atoms. The van der Waals surface area contributed by atoms with Gasteiger partial charge in [-0.1, -0.05) is 26.7 Å². The highest BCUT2D eigenvalue weighted by molar-refractivity contribution is 5.79. The van der Waals surface area contributed by atoms with Crippen molar-refractivity contribution in [2.75, 3.05) is 19.6 Å². The number of guanidine groups is 1. The zero-order valence-corrected chi connectivity index (χ0v) is 11.4. The lowest BCUT2D eigenvalue weighted by Gasteiger charge is -2.20. The van der Waals surface area contributed by atoms with E-state index in [1.807, 2.05) is 0 Å². The number of hydrogen-bond donors (Lipinski definition) is 3. The summed E-state index contributed by atoms with van der Waals surface area (Å²) in [5.41, 5.74) is -0.555.